The number of aromatic amines is 1. The molecule has 0 saturated carbocycles. The van der Waals surface area contributed by atoms with Gasteiger partial charge in [-0.05, 0) is 34.0 Å². The van der Waals surface area contributed by atoms with Crippen molar-refractivity contribution in [2.75, 3.05) is 0 Å². The lowest BCUT2D eigenvalue weighted by Gasteiger charge is -2.12. The van der Waals surface area contributed by atoms with E-state index in [1.807, 2.05) is 16.8 Å². The number of aryl methyl sites for hydroxylation is 1. The lowest BCUT2D eigenvalue weighted by atomic mass is 9.96. The summed E-state index contributed by atoms with van der Waals surface area (Å²) in [5.41, 5.74) is 3.89. The molecule has 1 N–H and O–H groups in total. The molecule has 4 rings (SSSR count). The summed E-state index contributed by atoms with van der Waals surface area (Å²) >= 11 is 0. The average Bonchev–Trinajstić information content (AvgIpc) is 3.39. The predicted molar refractivity (Wildman–Crippen MR) is 115 cm³/mol. The minimum atomic E-state index is -0.0656. The van der Waals surface area contributed by atoms with Crippen molar-refractivity contribution in [2.24, 2.45) is 0 Å². The van der Waals surface area contributed by atoms with Crippen LogP contribution < -0.4 is 0 Å². The largest absolute Gasteiger partial charge is 0.252 e. The summed E-state index contributed by atoms with van der Waals surface area (Å²) in [6.07, 6.45) is 3.51. The van der Waals surface area contributed by atoms with Crippen molar-refractivity contribution in [3.8, 4) is 22.6 Å². The highest BCUT2D eigenvalue weighted by Crippen LogP contribution is 2.28. The first-order valence-corrected chi connectivity index (χ1v) is 10.2. The van der Waals surface area contributed by atoms with Gasteiger partial charge in [0.15, 0.2) is 11.6 Å². The van der Waals surface area contributed by atoms with Crippen LogP contribution in [0.15, 0.2) is 42.6 Å². The van der Waals surface area contributed by atoms with E-state index in [1.54, 1.807) is 6.20 Å². The molecular weight excluding hydrogens is 376 g/mol. The zero-order chi connectivity index (χ0) is 21.1. The summed E-state index contributed by atoms with van der Waals surface area (Å²) in [7, 11) is 0. The van der Waals surface area contributed by atoms with Crippen molar-refractivity contribution >= 4 is 0 Å². The maximum absolute atomic E-state index is 4.84. The van der Waals surface area contributed by atoms with Crippen LogP contribution >= 0.6 is 0 Å². The molecule has 30 heavy (non-hydrogen) atoms. The Morgan fingerprint density at radius 3 is 2.53 bits per heavy atom. The third kappa shape index (κ3) is 4.12. The van der Waals surface area contributed by atoms with Crippen LogP contribution in [0.4, 0.5) is 0 Å². The van der Waals surface area contributed by atoms with Gasteiger partial charge < -0.3 is 0 Å². The van der Waals surface area contributed by atoms with Crippen molar-refractivity contribution < 1.29 is 0 Å². The standard InChI is InChI=1S/C22H26N8/c1-5-13-30-18(24-21(27-30)22(2,3)4)14-15-8-10-16(11-9-15)17-7-6-12-23-19(17)20-25-28-29-26-20/h6-12H,5,13-14H2,1-4H3,(H,25,26,28,29). The van der Waals surface area contributed by atoms with Crippen LogP contribution in [0.25, 0.3) is 22.6 Å². The molecule has 0 spiro atoms. The van der Waals surface area contributed by atoms with E-state index in [4.69, 9.17) is 10.1 Å². The lowest BCUT2D eigenvalue weighted by molar-refractivity contribution is 0.518. The molecule has 0 fully saturated rings. The second-order valence-corrected chi connectivity index (χ2v) is 8.35. The molecule has 1 aromatic carbocycles. The number of nitrogens with zero attached hydrogens (tertiary/aromatic N) is 7. The fourth-order valence-electron chi connectivity index (χ4n) is 3.28. The molecule has 154 valence electrons. The zero-order valence-corrected chi connectivity index (χ0v) is 17.8. The summed E-state index contributed by atoms with van der Waals surface area (Å²) < 4.78 is 2.05. The number of hydrogen-bond donors (Lipinski definition) is 1. The van der Waals surface area contributed by atoms with Crippen molar-refractivity contribution in [3.63, 3.8) is 0 Å². The summed E-state index contributed by atoms with van der Waals surface area (Å²) in [6.45, 7) is 9.47. The molecule has 3 heterocycles. The quantitative estimate of drug-likeness (QED) is 0.526. The van der Waals surface area contributed by atoms with Crippen molar-refractivity contribution in [3.05, 3.63) is 59.8 Å². The zero-order valence-electron chi connectivity index (χ0n) is 17.8. The number of nitrogens with one attached hydrogen (secondary N) is 1. The highest BCUT2D eigenvalue weighted by molar-refractivity contribution is 5.77. The van der Waals surface area contributed by atoms with Gasteiger partial charge in [0, 0.05) is 30.1 Å². The van der Waals surface area contributed by atoms with Gasteiger partial charge in [0.1, 0.15) is 11.5 Å². The fraction of sp³-hybridized carbons (Fsp3) is 0.364. The van der Waals surface area contributed by atoms with Crippen LogP contribution in [0, 0.1) is 0 Å². The SMILES string of the molecule is CCCn1nc(C(C)(C)C)nc1Cc1ccc(-c2cccnc2-c2nnn[nH]2)cc1. The van der Waals surface area contributed by atoms with Gasteiger partial charge in [-0.1, -0.05) is 58.0 Å². The number of aromatic nitrogens is 8. The molecule has 0 saturated heterocycles. The predicted octanol–water partition coefficient (Wildman–Crippen LogP) is 3.82. The Bertz CT molecular complexity index is 1110. The first kappa shape index (κ1) is 19.9. The Kier molecular flexibility index (Phi) is 5.39. The molecule has 0 unspecified atom stereocenters. The van der Waals surface area contributed by atoms with Crippen LogP contribution in [-0.2, 0) is 18.4 Å². The second kappa shape index (κ2) is 8.14. The Labute approximate surface area is 175 Å². The van der Waals surface area contributed by atoms with Gasteiger partial charge in [0.05, 0.1) is 0 Å². The van der Waals surface area contributed by atoms with Gasteiger partial charge in [-0.3, -0.25) is 4.98 Å². The van der Waals surface area contributed by atoms with Gasteiger partial charge in [-0.15, -0.1) is 5.10 Å². The summed E-state index contributed by atoms with van der Waals surface area (Å²) in [6, 6.07) is 12.4. The van der Waals surface area contributed by atoms with E-state index in [2.05, 4.69) is 77.6 Å². The molecule has 0 amide bonds. The minimum absolute atomic E-state index is 0.0656. The number of pyridine rings is 1. The van der Waals surface area contributed by atoms with Crippen LogP contribution in [0.1, 0.15) is 51.3 Å². The molecule has 3 aromatic heterocycles. The number of tetrazole rings is 1. The lowest BCUT2D eigenvalue weighted by Crippen LogP contribution is -2.14. The maximum Gasteiger partial charge on any atom is 0.198 e. The van der Waals surface area contributed by atoms with E-state index in [1.165, 1.54) is 5.56 Å². The number of hydrogen-bond acceptors (Lipinski definition) is 6. The van der Waals surface area contributed by atoms with E-state index in [0.717, 1.165) is 47.9 Å². The first-order chi connectivity index (χ1) is 14.5. The maximum atomic E-state index is 4.84. The Balaban J connectivity index is 1.61. The van der Waals surface area contributed by atoms with Gasteiger partial charge in [-0.25, -0.2) is 14.8 Å². The smallest absolute Gasteiger partial charge is 0.198 e. The molecule has 0 aliphatic carbocycles. The van der Waals surface area contributed by atoms with E-state index >= 15 is 0 Å². The van der Waals surface area contributed by atoms with E-state index < -0.39 is 0 Å². The first-order valence-electron chi connectivity index (χ1n) is 10.2. The molecule has 0 aliphatic heterocycles. The van der Waals surface area contributed by atoms with Crippen LogP contribution in [0.3, 0.4) is 0 Å². The molecular formula is C22H26N8. The highest BCUT2D eigenvalue weighted by Gasteiger charge is 2.21. The highest BCUT2D eigenvalue weighted by atomic mass is 15.5. The Morgan fingerprint density at radius 2 is 1.87 bits per heavy atom. The Hall–Kier alpha value is -3.42. The second-order valence-electron chi connectivity index (χ2n) is 8.35. The van der Waals surface area contributed by atoms with Crippen molar-refractivity contribution in [2.45, 2.75) is 52.5 Å². The number of rotatable bonds is 6. The average molecular weight is 403 g/mol. The molecule has 0 atom stereocenters. The summed E-state index contributed by atoms with van der Waals surface area (Å²) in [5, 5.41) is 18.9. The van der Waals surface area contributed by atoms with E-state index in [0.29, 0.717) is 5.82 Å². The molecule has 0 bridgehead atoms. The topological polar surface area (TPSA) is 98.1 Å². The van der Waals surface area contributed by atoms with E-state index in [-0.39, 0.29) is 5.41 Å². The molecule has 0 aliphatic rings. The molecule has 4 aromatic rings. The van der Waals surface area contributed by atoms with Crippen LogP contribution in [0.2, 0.25) is 0 Å². The summed E-state index contributed by atoms with van der Waals surface area (Å²) in [5.74, 6) is 2.45. The van der Waals surface area contributed by atoms with Gasteiger partial charge in [0.25, 0.3) is 0 Å². The van der Waals surface area contributed by atoms with Crippen molar-refractivity contribution in [1.29, 1.82) is 0 Å². The van der Waals surface area contributed by atoms with Crippen molar-refractivity contribution in [1.82, 2.24) is 40.4 Å². The molecule has 0 radical (unpaired) electrons. The minimum Gasteiger partial charge on any atom is -0.252 e. The van der Waals surface area contributed by atoms with Crippen LogP contribution in [-0.4, -0.2) is 40.4 Å². The number of H-pyrrole nitrogens is 1. The fourth-order valence-corrected chi connectivity index (χ4v) is 3.28. The van der Waals surface area contributed by atoms with Gasteiger partial charge in [-0.2, -0.15) is 5.10 Å². The Morgan fingerprint density at radius 1 is 1.07 bits per heavy atom. The van der Waals surface area contributed by atoms with Gasteiger partial charge in [0.2, 0.25) is 0 Å². The monoisotopic (exact) mass is 402 g/mol. The number of benzene rings is 1. The molecule has 8 heteroatoms. The third-order valence-electron chi connectivity index (χ3n) is 4.86. The normalized spacial score (nSPS) is 11.7. The molecule has 8 nitrogen and oxygen atoms in total. The van der Waals surface area contributed by atoms with Gasteiger partial charge >= 0.3 is 0 Å². The van der Waals surface area contributed by atoms with E-state index in [9.17, 15) is 0 Å². The third-order valence-corrected chi connectivity index (χ3v) is 4.86. The van der Waals surface area contributed by atoms with Crippen LogP contribution in [0.5, 0.6) is 0 Å². The summed E-state index contributed by atoms with van der Waals surface area (Å²) in [4.78, 5) is 9.29.